The molecule has 0 spiro atoms. The maximum absolute atomic E-state index is 12.1. The van der Waals surface area contributed by atoms with Crippen molar-refractivity contribution in [3.05, 3.63) is 30.3 Å². The van der Waals surface area contributed by atoms with E-state index in [0.29, 0.717) is 13.0 Å². The topological polar surface area (TPSA) is 100 Å². The Kier molecular flexibility index (Phi) is 9.66. The van der Waals surface area contributed by atoms with Crippen LogP contribution in [0.3, 0.4) is 0 Å². The number of benzene rings is 1. The number of ether oxygens (including phenoxy) is 1. The van der Waals surface area contributed by atoms with Gasteiger partial charge in [-0.3, -0.25) is 9.79 Å². The first kappa shape index (κ1) is 24.7. The minimum absolute atomic E-state index is 0. The number of nitrogens with one attached hydrogen (secondary N) is 2. The summed E-state index contributed by atoms with van der Waals surface area (Å²) in [5.41, 5.74) is 0. The number of hydrogen-bond donors (Lipinski definition) is 2. The summed E-state index contributed by atoms with van der Waals surface area (Å²) in [6.07, 6.45) is 2.80. The standard InChI is InChI=1S/C20H30N4O4S.HI/c1-21-20(22-11-7-19(25)23-16-10-14-29(26,27)15-16)24-12-8-18(9-13-24)28-17-5-3-2-4-6-17;/h2-6,16,18H,7-15H2,1H3,(H,21,22)(H,23,25);1H. The van der Waals surface area contributed by atoms with Crippen LogP contribution in [0.25, 0.3) is 0 Å². The molecule has 2 heterocycles. The largest absolute Gasteiger partial charge is 0.490 e. The third-order valence-corrected chi connectivity index (χ3v) is 7.00. The SMILES string of the molecule is CN=C(NCCC(=O)NC1CCS(=O)(=O)C1)N1CCC(Oc2ccccc2)CC1.I. The van der Waals surface area contributed by atoms with Crippen LogP contribution >= 0.6 is 24.0 Å². The summed E-state index contributed by atoms with van der Waals surface area (Å²) in [6.45, 7) is 2.13. The van der Waals surface area contributed by atoms with Crippen molar-refractivity contribution in [3.63, 3.8) is 0 Å². The number of halogens is 1. The van der Waals surface area contributed by atoms with Gasteiger partial charge in [0.15, 0.2) is 15.8 Å². The molecule has 8 nitrogen and oxygen atoms in total. The van der Waals surface area contributed by atoms with Crippen molar-refractivity contribution in [2.45, 2.75) is 37.8 Å². The Bertz CT molecular complexity index is 811. The number of carbonyl (C=O) groups is 1. The highest BCUT2D eigenvalue weighted by Gasteiger charge is 2.28. The van der Waals surface area contributed by atoms with E-state index in [1.165, 1.54) is 0 Å². The van der Waals surface area contributed by atoms with E-state index in [2.05, 4.69) is 20.5 Å². The molecule has 2 aliphatic rings. The maximum Gasteiger partial charge on any atom is 0.222 e. The molecule has 0 aromatic heterocycles. The van der Waals surface area contributed by atoms with E-state index < -0.39 is 9.84 Å². The van der Waals surface area contributed by atoms with Crippen molar-refractivity contribution in [2.24, 2.45) is 4.99 Å². The number of nitrogens with zero attached hydrogens (tertiary/aromatic N) is 2. The van der Waals surface area contributed by atoms with Crippen molar-refractivity contribution >= 4 is 45.7 Å². The number of likely N-dealkylation sites (tertiary alicyclic amines) is 1. The summed E-state index contributed by atoms with van der Waals surface area (Å²) in [7, 11) is -1.25. The van der Waals surface area contributed by atoms with Crippen LogP contribution in [-0.4, -0.2) is 75.5 Å². The van der Waals surface area contributed by atoms with Crippen molar-refractivity contribution in [2.75, 3.05) is 38.2 Å². The van der Waals surface area contributed by atoms with Gasteiger partial charge in [-0.2, -0.15) is 0 Å². The van der Waals surface area contributed by atoms with Crippen molar-refractivity contribution in [1.29, 1.82) is 0 Å². The molecule has 1 aromatic rings. The van der Waals surface area contributed by atoms with Crippen LogP contribution in [0, 0.1) is 0 Å². The Morgan fingerprint density at radius 3 is 2.50 bits per heavy atom. The molecule has 1 aromatic carbocycles. The Morgan fingerprint density at radius 1 is 1.20 bits per heavy atom. The number of hydrogen-bond acceptors (Lipinski definition) is 5. The van der Waals surface area contributed by atoms with Gasteiger partial charge in [0.2, 0.25) is 5.91 Å². The highest BCUT2D eigenvalue weighted by molar-refractivity contribution is 14.0. The first-order valence-corrected chi connectivity index (χ1v) is 11.9. The lowest BCUT2D eigenvalue weighted by Gasteiger charge is -2.34. The van der Waals surface area contributed by atoms with Gasteiger partial charge in [-0.15, -0.1) is 24.0 Å². The molecule has 2 fully saturated rings. The molecular formula is C20H31IN4O4S. The fourth-order valence-electron chi connectivity index (χ4n) is 3.71. The lowest BCUT2D eigenvalue weighted by atomic mass is 10.1. The fourth-order valence-corrected chi connectivity index (χ4v) is 5.38. The molecule has 1 atom stereocenters. The second kappa shape index (κ2) is 11.7. The minimum atomic E-state index is -2.98. The second-order valence-corrected chi connectivity index (χ2v) is 9.74. The predicted molar refractivity (Wildman–Crippen MR) is 128 cm³/mol. The molecular weight excluding hydrogens is 519 g/mol. The molecule has 30 heavy (non-hydrogen) atoms. The van der Waals surface area contributed by atoms with E-state index >= 15 is 0 Å². The fraction of sp³-hybridized carbons (Fsp3) is 0.600. The zero-order valence-electron chi connectivity index (χ0n) is 17.2. The lowest BCUT2D eigenvalue weighted by Crippen LogP contribution is -2.48. The first-order valence-electron chi connectivity index (χ1n) is 10.1. The summed E-state index contributed by atoms with van der Waals surface area (Å²) in [6, 6.07) is 9.60. The number of sulfone groups is 1. The number of guanidine groups is 1. The average molecular weight is 550 g/mol. The molecule has 10 heteroatoms. The number of piperidine rings is 1. The van der Waals surface area contributed by atoms with Crippen molar-refractivity contribution < 1.29 is 17.9 Å². The molecule has 1 amide bonds. The number of aliphatic imine (C=N–C) groups is 1. The number of amides is 1. The summed E-state index contributed by atoms with van der Waals surface area (Å²) in [5.74, 6) is 1.75. The van der Waals surface area contributed by atoms with Gasteiger partial charge >= 0.3 is 0 Å². The van der Waals surface area contributed by atoms with Crippen LogP contribution in [0.1, 0.15) is 25.7 Å². The molecule has 0 saturated carbocycles. The normalized spacial score (nSPS) is 21.6. The van der Waals surface area contributed by atoms with E-state index in [1.54, 1.807) is 7.05 Å². The molecule has 2 saturated heterocycles. The highest BCUT2D eigenvalue weighted by atomic mass is 127. The minimum Gasteiger partial charge on any atom is -0.490 e. The van der Waals surface area contributed by atoms with Gasteiger partial charge in [-0.25, -0.2) is 8.42 Å². The van der Waals surface area contributed by atoms with E-state index in [9.17, 15) is 13.2 Å². The van der Waals surface area contributed by atoms with Crippen LogP contribution in [-0.2, 0) is 14.6 Å². The summed E-state index contributed by atoms with van der Waals surface area (Å²) in [5, 5.41) is 6.04. The van der Waals surface area contributed by atoms with Gasteiger partial charge in [-0.05, 0) is 18.6 Å². The molecule has 2 N–H and O–H groups in total. The van der Waals surface area contributed by atoms with Gasteiger partial charge < -0.3 is 20.3 Å². The quantitative estimate of drug-likeness (QED) is 0.316. The van der Waals surface area contributed by atoms with Gasteiger partial charge in [0.05, 0.1) is 11.5 Å². The summed E-state index contributed by atoms with van der Waals surface area (Å²) in [4.78, 5) is 18.5. The Balaban J connectivity index is 0.00000320. The average Bonchev–Trinajstić information content (AvgIpc) is 3.05. The van der Waals surface area contributed by atoms with Gasteiger partial charge in [0.1, 0.15) is 11.9 Å². The lowest BCUT2D eigenvalue weighted by molar-refractivity contribution is -0.121. The zero-order chi connectivity index (χ0) is 20.7. The van der Waals surface area contributed by atoms with Crippen molar-refractivity contribution in [1.82, 2.24) is 15.5 Å². The van der Waals surface area contributed by atoms with Crippen LogP contribution in [0.5, 0.6) is 5.75 Å². The molecule has 1 unspecified atom stereocenters. The third kappa shape index (κ3) is 7.60. The molecule has 0 aliphatic carbocycles. The Morgan fingerprint density at radius 2 is 1.90 bits per heavy atom. The Labute approximate surface area is 195 Å². The number of rotatable bonds is 6. The molecule has 2 aliphatic heterocycles. The smallest absolute Gasteiger partial charge is 0.222 e. The summed E-state index contributed by atoms with van der Waals surface area (Å²) < 4.78 is 29.0. The van der Waals surface area contributed by atoms with Gasteiger partial charge in [0, 0.05) is 52.0 Å². The molecule has 3 rings (SSSR count). The monoisotopic (exact) mass is 550 g/mol. The second-order valence-electron chi connectivity index (χ2n) is 7.51. The maximum atomic E-state index is 12.1. The van der Waals surface area contributed by atoms with Crippen molar-refractivity contribution in [3.8, 4) is 5.75 Å². The van der Waals surface area contributed by atoms with Crippen LogP contribution in [0.4, 0.5) is 0 Å². The highest BCUT2D eigenvalue weighted by Crippen LogP contribution is 2.18. The number of carbonyl (C=O) groups excluding carboxylic acids is 1. The van der Waals surface area contributed by atoms with E-state index in [4.69, 9.17) is 4.74 Å². The molecule has 168 valence electrons. The van der Waals surface area contributed by atoms with Crippen LogP contribution in [0.15, 0.2) is 35.3 Å². The molecule has 0 radical (unpaired) electrons. The first-order chi connectivity index (χ1) is 13.9. The Hall–Kier alpha value is -1.56. The van der Waals surface area contributed by atoms with Gasteiger partial charge in [0.25, 0.3) is 0 Å². The molecule has 0 bridgehead atoms. The van der Waals surface area contributed by atoms with Gasteiger partial charge in [-0.1, -0.05) is 18.2 Å². The third-order valence-electron chi connectivity index (χ3n) is 5.23. The van der Waals surface area contributed by atoms with E-state index in [0.717, 1.165) is 37.6 Å². The van der Waals surface area contributed by atoms with E-state index in [1.807, 2.05) is 30.3 Å². The predicted octanol–water partition coefficient (Wildman–Crippen LogP) is 1.42. The summed E-state index contributed by atoms with van der Waals surface area (Å²) >= 11 is 0. The van der Waals surface area contributed by atoms with E-state index in [-0.39, 0.29) is 60.0 Å². The number of para-hydroxylation sites is 1. The van der Waals surface area contributed by atoms with Crippen LogP contribution in [0.2, 0.25) is 0 Å². The van der Waals surface area contributed by atoms with Crippen LogP contribution < -0.4 is 15.4 Å². The zero-order valence-corrected chi connectivity index (χ0v) is 20.4.